The van der Waals surface area contributed by atoms with Crippen molar-refractivity contribution in [1.82, 2.24) is 10.6 Å². The van der Waals surface area contributed by atoms with Crippen LogP contribution in [0, 0.1) is 0 Å². The van der Waals surface area contributed by atoms with Crippen molar-refractivity contribution in [2.75, 3.05) is 13.7 Å². The van der Waals surface area contributed by atoms with Crippen molar-refractivity contribution in [2.24, 2.45) is 0 Å². The molecule has 150 valence electrons. The van der Waals surface area contributed by atoms with E-state index in [1.54, 1.807) is 40.0 Å². The summed E-state index contributed by atoms with van der Waals surface area (Å²) in [5.74, 6) is 0.484. The standard InChI is InChI=1S/C22H28N2O4/c1-22(2,3)28-21(26)24-19(17-10-6-5-7-11-17)20(25)23-14-13-16-9-8-12-18(15-16)27-4/h5-12,15,19H,13-14H2,1-4H3,(H,23,25)(H,24,26). The summed E-state index contributed by atoms with van der Waals surface area (Å²) in [5.41, 5.74) is 1.09. The van der Waals surface area contributed by atoms with Crippen molar-refractivity contribution < 1.29 is 19.1 Å². The molecule has 0 spiro atoms. The van der Waals surface area contributed by atoms with E-state index in [-0.39, 0.29) is 5.91 Å². The molecule has 0 saturated heterocycles. The summed E-state index contributed by atoms with van der Waals surface area (Å²) in [6.45, 7) is 5.76. The highest BCUT2D eigenvalue weighted by Gasteiger charge is 2.25. The number of methoxy groups -OCH3 is 1. The van der Waals surface area contributed by atoms with Crippen LogP contribution in [0.15, 0.2) is 54.6 Å². The van der Waals surface area contributed by atoms with Gasteiger partial charge in [0.15, 0.2) is 0 Å². The van der Waals surface area contributed by atoms with E-state index in [0.29, 0.717) is 18.5 Å². The molecule has 0 saturated carbocycles. The Morgan fingerprint density at radius 1 is 1.04 bits per heavy atom. The second kappa shape index (κ2) is 9.78. The van der Waals surface area contributed by atoms with E-state index in [4.69, 9.17) is 9.47 Å². The van der Waals surface area contributed by atoms with Crippen LogP contribution in [-0.4, -0.2) is 31.3 Å². The highest BCUT2D eigenvalue weighted by atomic mass is 16.6. The average molecular weight is 384 g/mol. The zero-order chi connectivity index (χ0) is 20.6. The lowest BCUT2D eigenvalue weighted by Crippen LogP contribution is -2.43. The fourth-order valence-corrected chi connectivity index (χ4v) is 2.63. The third-order valence-electron chi connectivity index (χ3n) is 3.90. The third-order valence-corrected chi connectivity index (χ3v) is 3.90. The first-order valence-electron chi connectivity index (χ1n) is 9.23. The lowest BCUT2D eigenvalue weighted by Gasteiger charge is -2.23. The van der Waals surface area contributed by atoms with Crippen LogP contribution in [0.25, 0.3) is 0 Å². The van der Waals surface area contributed by atoms with Crippen LogP contribution in [0.5, 0.6) is 5.75 Å². The average Bonchev–Trinajstić information content (AvgIpc) is 2.65. The molecule has 2 aromatic rings. The van der Waals surface area contributed by atoms with Crippen LogP contribution in [-0.2, 0) is 16.0 Å². The SMILES string of the molecule is COc1cccc(CCNC(=O)C(NC(=O)OC(C)(C)C)c2ccccc2)c1. The van der Waals surface area contributed by atoms with Gasteiger partial charge in [-0.05, 0) is 50.5 Å². The Morgan fingerprint density at radius 2 is 1.75 bits per heavy atom. The molecule has 6 heteroatoms. The molecule has 0 aliphatic heterocycles. The smallest absolute Gasteiger partial charge is 0.408 e. The van der Waals surface area contributed by atoms with Crippen molar-refractivity contribution in [2.45, 2.75) is 38.8 Å². The van der Waals surface area contributed by atoms with E-state index < -0.39 is 17.7 Å². The number of nitrogens with one attached hydrogen (secondary N) is 2. The summed E-state index contributed by atoms with van der Waals surface area (Å²) in [6.07, 6.45) is 0.0148. The lowest BCUT2D eigenvalue weighted by molar-refractivity contribution is -0.123. The van der Waals surface area contributed by atoms with Gasteiger partial charge < -0.3 is 20.1 Å². The maximum Gasteiger partial charge on any atom is 0.408 e. The molecule has 1 unspecified atom stereocenters. The zero-order valence-corrected chi connectivity index (χ0v) is 16.8. The lowest BCUT2D eigenvalue weighted by atomic mass is 10.1. The number of amides is 2. The summed E-state index contributed by atoms with van der Waals surface area (Å²) < 4.78 is 10.5. The zero-order valence-electron chi connectivity index (χ0n) is 16.8. The molecule has 0 fully saturated rings. The third kappa shape index (κ3) is 6.95. The number of alkyl carbamates (subject to hydrolysis) is 1. The van der Waals surface area contributed by atoms with Crippen LogP contribution >= 0.6 is 0 Å². The van der Waals surface area contributed by atoms with Gasteiger partial charge in [-0.3, -0.25) is 4.79 Å². The maximum absolute atomic E-state index is 12.8. The normalized spacial score (nSPS) is 12.0. The predicted molar refractivity (Wildman–Crippen MR) is 108 cm³/mol. The largest absolute Gasteiger partial charge is 0.497 e. The molecule has 0 heterocycles. The van der Waals surface area contributed by atoms with Crippen LogP contribution in [0.2, 0.25) is 0 Å². The highest BCUT2D eigenvalue weighted by Crippen LogP contribution is 2.16. The Morgan fingerprint density at radius 3 is 2.39 bits per heavy atom. The molecule has 0 aromatic heterocycles. The van der Waals surface area contributed by atoms with Gasteiger partial charge in [-0.25, -0.2) is 4.79 Å². The number of benzene rings is 2. The Balaban J connectivity index is 2.01. The molecule has 0 aliphatic rings. The van der Waals surface area contributed by atoms with Crippen LogP contribution in [0.1, 0.15) is 37.9 Å². The van der Waals surface area contributed by atoms with Crippen LogP contribution in [0.3, 0.4) is 0 Å². The molecule has 0 bridgehead atoms. The van der Waals surface area contributed by atoms with Crippen LogP contribution < -0.4 is 15.4 Å². The minimum Gasteiger partial charge on any atom is -0.497 e. The Labute approximate surface area is 166 Å². The van der Waals surface area contributed by atoms with Gasteiger partial charge in [0, 0.05) is 6.54 Å². The monoisotopic (exact) mass is 384 g/mol. The van der Waals surface area contributed by atoms with E-state index in [2.05, 4.69) is 10.6 Å². The molecule has 6 nitrogen and oxygen atoms in total. The van der Waals surface area contributed by atoms with Crippen molar-refractivity contribution in [3.8, 4) is 5.75 Å². The number of carbonyl (C=O) groups excluding carboxylic acids is 2. The fraction of sp³-hybridized carbons (Fsp3) is 0.364. The summed E-state index contributed by atoms with van der Waals surface area (Å²) in [7, 11) is 1.62. The molecule has 2 rings (SSSR count). The maximum atomic E-state index is 12.8. The van der Waals surface area contributed by atoms with Gasteiger partial charge in [-0.2, -0.15) is 0 Å². The van der Waals surface area contributed by atoms with Gasteiger partial charge >= 0.3 is 6.09 Å². The number of ether oxygens (including phenoxy) is 2. The Hall–Kier alpha value is -3.02. The summed E-state index contributed by atoms with van der Waals surface area (Å²) in [4.78, 5) is 24.9. The predicted octanol–water partition coefficient (Wildman–Crippen LogP) is 3.62. The van der Waals surface area contributed by atoms with E-state index in [9.17, 15) is 9.59 Å². The fourth-order valence-electron chi connectivity index (χ4n) is 2.63. The van der Waals surface area contributed by atoms with E-state index in [0.717, 1.165) is 11.3 Å². The minimum atomic E-state index is -0.832. The van der Waals surface area contributed by atoms with Gasteiger partial charge in [0.25, 0.3) is 0 Å². The van der Waals surface area contributed by atoms with Gasteiger partial charge in [0.1, 0.15) is 17.4 Å². The summed E-state index contributed by atoms with van der Waals surface area (Å²) >= 11 is 0. The first-order valence-corrected chi connectivity index (χ1v) is 9.23. The molecule has 2 aromatic carbocycles. The molecule has 0 aliphatic carbocycles. The molecular weight excluding hydrogens is 356 g/mol. The molecule has 28 heavy (non-hydrogen) atoms. The summed E-state index contributed by atoms with van der Waals surface area (Å²) in [6, 6.07) is 15.9. The molecule has 2 N–H and O–H groups in total. The van der Waals surface area contributed by atoms with Crippen molar-refractivity contribution in [3.63, 3.8) is 0 Å². The Kier molecular flexibility index (Phi) is 7.44. The van der Waals surface area contributed by atoms with Crippen molar-refractivity contribution >= 4 is 12.0 Å². The Bertz CT molecular complexity index is 785. The quantitative estimate of drug-likeness (QED) is 0.764. The van der Waals surface area contributed by atoms with E-state index in [1.165, 1.54) is 0 Å². The summed E-state index contributed by atoms with van der Waals surface area (Å²) in [5, 5.41) is 5.55. The second-order valence-corrected chi connectivity index (χ2v) is 7.38. The molecule has 2 amide bonds. The molecule has 1 atom stereocenters. The van der Waals surface area contributed by atoms with Crippen molar-refractivity contribution in [1.29, 1.82) is 0 Å². The number of carbonyl (C=O) groups is 2. The van der Waals surface area contributed by atoms with Crippen LogP contribution in [0.4, 0.5) is 4.79 Å². The second-order valence-electron chi connectivity index (χ2n) is 7.38. The first kappa shape index (κ1) is 21.3. The van der Waals surface area contributed by atoms with Gasteiger partial charge in [0.05, 0.1) is 7.11 Å². The van der Waals surface area contributed by atoms with Gasteiger partial charge in [0.2, 0.25) is 5.91 Å². The minimum absolute atomic E-state index is 0.292. The van der Waals surface area contributed by atoms with Gasteiger partial charge in [-0.1, -0.05) is 42.5 Å². The number of hydrogen-bond donors (Lipinski definition) is 2. The van der Waals surface area contributed by atoms with E-state index in [1.807, 2.05) is 42.5 Å². The molecule has 0 radical (unpaired) electrons. The number of hydrogen-bond acceptors (Lipinski definition) is 4. The first-order chi connectivity index (χ1) is 13.3. The molecular formula is C22H28N2O4. The van der Waals surface area contributed by atoms with Gasteiger partial charge in [-0.15, -0.1) is 0 Å². The highest BCUT2D eigenvalue weighted by molar-refractivity contribution is 5.86. The number of rotatable bonds is 7. The van der Waals surface area contributed by atoms with Crippen molar-refractivity contribution in [3.05, 3.63) is 65.7 Å². The van der Waals surface area contributed by atoms with E-state index >= 15 is 0 Å². The topological polar surface area (TPSA) is 76.7 Å².